The molecule has 0 spiro atoms. The second-order valence-electron chi connectivity index (χ2n) is 3.21. The van der Waals surface area contributed by atoms with E-state index in [1.807, 2.05) is 13.8 Å². The molecular formula is C9H13NO3. The average Bonchev–Trinajstić information content (AvgIpc) is 2.29. The molecule has 0 radical (unpaired) electrons. The summed E-state index contributed by atoms with van der Waals surface area (Å²) in [6, 6.07) is 0.105. The van der Waals surface area contributed by atoms with Crippen molar-refractivity contribution in [2.24, 2.45) is 4.99 Å². The van der Waals surface area contributed by atoms with E-state index < -0.39 is 5.97 Å². The van der Waals surface area contributed by atoms with Gasteiger partial charge in [-0.05, 0) is 20.8 Å². The van der Waals surface area contributed by atoms with E-state index >= 15 is 0 Å². The van der Waals surface area contributed by atoms with E-state index in [9.17, 15) is 9.90 Å². The molecule has 1 N–H and O–H groups in total. The predicted molar refractivity (Wildman–Crippen MR) is 48.9 cm³/mol. The largest absolute Gasteiger partial charge is 0.508 e. The van der Waals surface area contributed by atoms with Crippen molar-refractivity contribution in [2.75, 3.05) is 6.61 Å². The molecule has 0 amide bonds. The van der Waals surface area contributed by atoms with Crippen LogP contribution in [-0.2, 0) is 9.53 Å². The molecule has 0 aliphatic carbocycles. The summed E-state index contributed by atoms with van der Waals surface area (Å²) in [4.78, 5) is 15.2. The average molecular weight is 183 g/mol. The first-order valence-corrected chi connectivity index (χ1v) is 4.16. The molecule has 13 heavy (non-hydrogen) atoms. The van der Waals surface area contributed by atoms with Gasteiger partial charge in [-0.2, -0.15) is 0 Å². The number of esters is 1. The molecule has 1 aliphatic rings. The molecule has 1 aliphatic heterocycles. The summed E-state index contributed by atoms with van der Waals surface area (Å²) in [5.41, 5.74) is 0.753. The predicted octanol–water partition coefficient (Wildman–Crippen LogP) is 1.22. The Morgan fingerprint density at radius 2 is 2.23 bits per heavy atom. The molecule has 0 aromatic carbocycles. The van der Waals surface area contributed by atoms with Crippen LogP contribution >= 0.6 is 0 Å². The van der Waals surface area contributed by atoms with Gasteiger partial charge in [0.2, 0.25) is 0 Å². The fraction of sp³-hybridized carbons (Fsp3) is 0.556. The van der Waals surface area contributed by atoms with Gasteiger partial charge >= 0.3 is 5.97 Å². The van der Waals surface area contributed by atoms with E-state index in [1.54, 1.807) is 6.92 Å². The van der Waals surface area contributed by atoms with Crippen LogP contribution < -0.4 is 0 Å². The molecule has 1 rings (SSSR count). The van der Waals surface area contributed by atoms with E-state index in [2.05, 4.69) is 9.73 Å². The standard InChI is InChI=1S/C9H13NO3/c1-5(2)10-6(3)8-7(11)4-13-9(8)12/h5,11H,4H2,1-3H3. The quantitative estimate of drug-likeness (QED) is 0.517. The highest BCUT2D eigenvalue weighted by atomic mass is 16.5. The first kappa shape index (κ1) is 9.77. The number of rotatable bonds is 2. The number of aliphatic imine (C=N–C) groups is 1. The molecule has 0 bridgehead atoms. The van der Waals surface area contributed by atoms with Crippen LogP contribution in [0.25, 0.3) is 0 Å². The highest BCUT2D eigenvalue weighted by Gasteiger charge is 2.26. The summed E-state index contributed by atoms with van der Waals surface area (Å²) in [6.07, 6.45) is 0. The van der Waals surface area contributed by atoms with E-state index in [0.29, 0.717) is 5.71 Å². The van der Waals surface area contributed by atoms with Crippen LogP contribution in [0.15, 0.2) is 16.3 Å². The minimum atomic E-state index is -0.487. The number of ether oxygens (including phenoxy) is 1. The van der Waals surface area contributed by atoms with Crippen molar-refractivity contribution < 1.29 is 14.6 Å². The number of nitrogens with zero attached hydrogens (tertiary/aromatic N) is 1. The summed E-state index contributed by atoms with van der Waals surface area (Å²) in [5.74, 6) is -0.508. The summed E-state index contributed by atoms with van der Waals surface area (Å²) in [7, 11) is 0. The lowest BCUT2D eigenvalue weighted by Gasteiger charge is -2.01. The van der Waals surface area contributed by atoms with Gasteiger partial charge in [0.05, 0.1) is 5.71 Å². The third-order valence-corrected chi connectivity index (χ3v) is 1.65. The minimum Gasteiger partial charge on any atom is -0.508 e. The summed E-state index contributed by atoms with van der Waals surface area (Å²) < 4.78 is 4.64. The Morgan fingerprint density at radius 1 is 1.62 bits per heavy atom. The van der Waals surface area contributed by atoms with Crippen LogP contribution in [0.1, 0.15) is 20.8 Å². The molecule has 72 valence electrons. The maximum Gasteiger partial charge on any atom is 0.344 e. The van der Waals surface area contributed by atoms with E-state index in [-0.39, 0.29) is 24.0 Å². The van der Waals surface area contributed by atoms with Gasteiger partial charge in [0, 0.05) is 6.04 Å². The van der Waals surface area contributed by atoms with Crippen molar-refractivity contribution in [3.05, 3.63) is 11.3 Å². The maximum atomic E-state index is 11.1. The maximum absolute atomic E-state index is 11.1. The molecule has 0 saturated carbocycles. The van der Waals surface area contributed by atoms with Crippen molar-refractivity contribution in [1.82, 2.24) is 0 Å². The first-order chi connectivity index (χ1) is 6.02. The lowest BCUT2D eigenvalue weighted by Crippen LogP contribution is -2.10. The zero-order valence-electron chi connectivity index (χ0n) is 8.00. The molecule has 0 aromatic rings. The summed E-state index contributed by atoms with van der Waals surface area (Å²) in [6.45, 7) is 5.47. The monoisotopic (exact) mass is 183 g/mol. The van der Waals surface area contributed by atoms with Crippen molar-refractivity contribution in [2.45, 2.75) is 26.8 Å². The highest BCUT2D eigenvalue weighted by molar-refractivity contribution is 6.20. The van der Waals surface area contributed by atoms with Gasteiger partial charge in [0.1, 0.15) is 17.9 Å². The van der Waals surface area contributed by atoms with Gasteiger partial charge in [-0.1, -0.05) is 0 Å². The summed E-state index contributed by atoms with van der Waals surface area (Å²) >= 11 is 0. The first-order valence-electron chi connectivity index (χ1n) is 4.16. The normalized spacial score (nSPS) is 18.5. The van der Waals surface area contributed by atoms with Crippen LogP contribution in [-0.4, -0.2) is 29.4 Å². The summed E-state index contributed by atoms with van der Waals surface area (Å²) in [5, 5.41) is 9.30. The molecule has 0 atom stereocenters. The molecule has 4 nitrogen and oxygen atoms in total. The third-order valence-electron chi connectivity index (χ3n) is 1.65. The van der Waals surface area contributed by atoms with Gasteiger partial charge in [-0.15, -0.1) is 0 Å². The Bertz CT molecular complexity index is 289. The fourth-order valence-electron chi connectivity index (χ4n) is 1.20. The second-order valence-corrected chi connectivity index (χ2v) is 3.21. The smallest absolute Gasteiger partial charge is 0.344 e. The van der Waals surface area contributed by atoms with Crippen LogP contribution in [0.3, 0.4) is 0 Å². The van der Waals surface area contributed by atoms with Crippen molar-refractivity contribution >= 4 is 11.7 Å². The molecule has 4 heteroatoms. The SMILES string of the molecule is CC(=NC(C)C)C1=C(O)COC1=O. The number of hydrogen-bond donors (Lipinski definition) is 1. The van der Waals surface area contributed by atoms with Gasteiger partial charge in [0.15, 0.2) is 0 Å². The van der Waals surface area contributed by atoms with Crippen LogP contribution in [0.2, 0.25) is 0 Å². The molecule has 0 unspecified atom stereocenters. The molecule has 1 heterocycles. The Balaban J connectivity index is 2.94. The Hall–Kier alpha value is -1.32. The van der Waals surface area contributed by atoms with Crippen LogP contribution in [0, 0.1) is 0 Å². The molecule has 0 fully saturated rings. The van der Waals surface area contributed by atoms with Crippen LogP contribution in [0.5, 0.6) is 0 Å². The second kappa shape index (κ2) is 3.60. The third kappa shape index (κ3) is 2.08. The lowest BCUT2D eigenvalue weighted by molar-refractivity contribution is -0.135. The minimum absolute atomic E-state index is 0.0214. The van der Waals surface area contributed by atoms with Gasteiger partial charge in [-0.25, -0.2) is 4.79 Å². The van der Waals surface area contributed by atoms with Gasteiger partial charge in [-0.3, -0.25) is 4.99 Å². The zero-order chi connectivity index (χ0) is 10.0. The number of aliphatic hydroxyl groups is 1. The zero-order valence-corrected chi connectivity index (χ0v) is 8.00. The topological polar surface area (TPSA) is 58.9 Å². The Kier molecular flexibility index (Phi) is 2.70. The molecular weight excluding hydrogens is 170 g/mol. The number of carbonyl (C=O) groups is 1. The molecule has 0 saturated heterocycles. The molecule has 0 aromatic heterocycles. The van der Waals surface area contributed by atoms with Crippen molar-refractivity contribution in [3.8, 4) is 0 Å². The number of carbonyl (C=O) groups excluding carboxylic acids is 1. The number of aliphatic hydroxyl groups excluding tert-OH is 1. The number of hydrogen-bond acceptors (Lipinski definition) is 4. The van der Waals surface area contributed by atoms with Gasteiger partial charge < -0.3 is 9.84 Å². The van der Waals surface area contributed by atoms with E-state index in [1.165, 1.54) is 0 Å². The highest BCUT2D eigenvalue weighted by Crippen LogP contribution is 2.15. The lowest BCUT2D eigenvalue weighted by atomic mass is 10.1. The van der Waals surface area contributed by atoms with Crippen LogP contribution in [0.4, 0.5) is 0 Å². The fourth-order valence-corrected chi connectivity index (χ4v) is 1.20. The Morgan fingerprint density at radius 3 is 2.62 bits per heavy atom. The van der Waals surface area contributed by atoms with E-state index in [0.717, 1.165) is 0 Å². The van der Waals surface area contributed by atoms with Crippen molar-refractivity contribution in [1.29, 1.82) is 0 Å². The van der Waals surface area contributed by atoms with Gasteiger partial charge in [0.25, 0.3) is 0 Å². The Labute approximate surface area is 76.9 Å². The number of cyclic esters (lactones) is 1. The van der Waals surface area contributed by atoms with E-state index in [4.69, 9.17) is 0 Å². The van der Waals surface area contributed by atoms with Crippen molar-refractivity contribution in [3.63, 3.8) is 0 Å².